The molecule has 1 amide bonds. The number of ether oxygens (including phenoxy) is 1. The number of likely N-dealkylation sites (N-methyl/N-ethyl adjacent to an activating group) is 1. The molecular formula is C19H19ClN2O3. The van der Waals surface area contributed by atoms with E-state index in [-0.39, 0.29) is 25.0 Å². The normalized spacial score (nSPS) is 13.2. The number of benzene rings is 2. The summed E-state index contributed by atoms with van der Waals surface area (Å²) in [7, 11) is 0. The topological polar surface area (TPSA) is 49.9 Å². The van der Waals surface area contributed by atoms with Crippen molar-refractivity contribution in [2.45, 2.75) is 13.5 Å². The van der Waals surface area contributed by atoms with E-state index in [2.05, 4.69) is 0 Å². The van der Waals surface area contributed by atoms with Gasteiger partial charge in [-0.25, -0.2) is 4.79 Å². The minimum absolute atomic E-state index is 0.0297. The molecule has 3 rings (SSSR count). The summed E-state index contributed by atoms with van der Waals surface area (Å²) < 4.78 is 5.22. The van der Waals surface area contributed by atoms with Crippen LogP contribution >= 0.6 is 11.6 Å². The molecule has 0 saturated carbocycles. The molecule has 0 saturated heterocycles. The molecule has 0 atom stereocenters. The Bertz CT molecular complexity index is 779. The van der Waals surface area contributed by atoms with Gasteiger partial charge in [0.05, 0.1) is 12.2 Å². The second-order valence-electron chi connectivity index (χ2n) is 5.84. The molecule has 130 valence electrons. The molecule has 25 heavy (non-hydrogen) atoms. The number of amides is 1. The monoisotopic (exact) mass is 358 g/mol. The van der Waals surface area contributed by atoms with Gasteiger partial charge in [0.1, 0.15) is 6.54 Å². The number of fused-ring (bicyclic) bond motifs is 1. The highest BCUT2D eigenvalue weighted by Crippen LogP contribution is 2.34. The average molecular weight is 359 g/mol. The van der Waals surface area contributed by atoms with Gasteiger partial charge in [0.15, 0.2) is 5.75 Å². The summed E-state index contributed by atoms with van der Waals surface area (Å²) in [4.78, 5) is 28.0. The van der Waals surface area contributed by atoms with Crippen molar-refractivity contribution in [1.29, 1.82) is 0 Å². The highest BCUT2D eigenvalue weighted by atomic mass is 35.5. The number of carbonyl (C=O) groups is 2. The average Bonchev–Trinajstić information content (AvgIpc) is 2.61. The predicted molar refractivity (Wildman–Crippen MR) is 96.8 cm³/mol. The number of esters is 1. The number of nitrogens with zero attached hydrogens (tertiary/aromatic N) is 2. The Kier molecular flexibility index (Phi) is 5.24. The van der Waals surface area contributed by atoms with Gasteiger partial charge < -0.3 is 14.5 Å². The van der Waals surface area contributed by atoms with Gasteiger partial charge in [0.2, 0.25) is 5.91 Å². The lowest BCUT2D eigenvalue weighted by Gasteiger charge is -2.31. The SMILES string of the molecule is CCN(Cc1ccccc1)C(=O)CN1CC(=O)Oc2ccc(Cl)cc21. The molecule has 0 unspecified atom stereocenters. The van der Waals surface area contributed by atoms with Gasteiger partial charge >= 0.3 is 5.97 Å². The molecule has 1 aliphatic rings. The Morgan fingerprint density at radius 1 is 1.24 bits per heavy atom. The van der Waals surface area contributed by atoms with Crippen LogP contribution < -0.4 is 9.64 Å². The molecule has 0 aromatic heterocycles. The van der Waals surface area contributed by atoms with Crippen LogP contribution in [0.2, 0.25) is 5.02 Å². The van der Waals surface area contributed by atoms with E-state index < -0.39 is 0 Å². The van der Waals surface area contributed by atoms with Crippen LogP contribution in [0.3, 0.4) is 0 Å². The van der Waals surface area contributed by atoms with Crippen molar-refractivity contribution in [2.24, 2.45) is 0 Å². The van der Waals surface area contributed by atoms with Crippen LogP contribution in [0.25, 0.3) is 0 Å². The van der Waals surface area contributed by atoms with Crippen molar-refractivity contribution in [1.82, 2.24) is 4.90 Å². The van der Waals surface area contributed by atoms with Crippen LogP contribution in [0.15, 0.2) is 48.5 Å². The molecule has 0 radical (unpaired) electrons. The fourth-order valence-electron chi connectivity index (χ4n) is 2.80. The third-order valence-corrected chi connectivity index (χ3v) is 4.32. The summed E-state index contributed by atoms with van der Waals surface area (Å²) in [6, 6.07) is 14.8. The summed E-state index contributed by atoms with van der Waals surface area (Å²) in [5.74, 6) is 0.000247. The zero-order chi connectivity index (χ0) is 17.8. The fraction of sp³-hybridized carbons (Fsp3) is 0.263. The number of anilines is 1. The summed E-state index contributed by atoms with van der Waals surface area (Å²) in [6.07, 6.45) is 0. The first kappa shape index (κ1) is 17.3. The first-order chi connectivity index (χ1) is 12.1. The molecule has 1 aliphatic heterocycles. The maximum absolute atomic E-state index is 12.7. The lowest BCUT2D eigenvalue weighted by atomic mass is 10.2. The van der Waals surface area contributed by atoms with E-state index in [1.807, 2.05) is 37.3 Å². The molecule has 0 fully saturated rings. The summed E-state index contributed by atoms with van der Waals surface area (Å²) >= 11 is 6.05. The summed E-state index contributed by atoms with van der Waals surface area (Å²) in [5.41, 5.74) is 1.73. The molecule has 2 aromatic rings. The lowest BCUT2D eigenvalue weighted by Crippen LogP contribution is -2.44. The number of halogens is 1. The second-order valence-corrected chi connectivity index (χ2v) is 6.27. The van der Waals surface area contributed by atoms with Crippen LogP contribution in [0.1, 0.15) is 12.5 Å². The molecule has 0 aliphatic carbocycles. The number of hydrogen-bond acceptors (Lipinski definition) is 4. The highest BCUT2D eigenvalue weighted by molar-refractivity contribution is 6.31. The molecule has 1 heterocycles. The Labute approximate surface area is 151 Å². The zero-order valence-corrected chi connectivity index (χ0v) is 14.7. The van der Waals surface area contributed by atoms with Crippen molar-refractivity contribution >= 4 is 29.2 Å². The smallest absolute Gasteiger partial charge is 0.331 e. The largest absolute Gasteiger partial charge is 0.423 e. The van der Waals surface area contributed by atoms with Crippen LogP contribution in [-0.2, 0) is 16.1 Å². The predicted octanol–water partition coefficient (Wildman–Crippen LogP) is 3.11. The molecule has 0 spiro atoms. The standard InChI is InChI=1S/C19H19ClN2O3/c1-2-21(11-14-6-4-3-5-7-14)18(23)12-22-13-19(24)25-17-9-8-15(20)10-16(17)22/h3-10H,2,11-13H2,1H3. The highest BCUT2D eigenvalue weighted by Gasteiger charge is 2.27. The third kappa shape index (κ3) is 4.12. The third-order valence-electron chi connectivity index (χ3n) is 4.08. The van der Waals surface area contributed by atoms with Gasteiger partial charge in [0, 0.05) is 18.1 Å². The first-order valence-corrected chi connectivity index (χ1v) is 8.51. The van der Waals surface area contributed by atoms with Crippen LogP contribution in [0.5, 0.6) is 5.75 Å². The van der Waals surface area contributed by atoms with E-state index in [1.165, 1.54) is 0 Å². The first-order valence-electron chi connectivity index (χ1n) is 8.13. The molecule has 5 nitrogen and oxygen atoms in total. The fourth-order valence-corrected chi connectivity index (χ4v) is 2.97. The van der Waals surface area contributed by atoms with E-state index in [0.717, 1.165) is 5.56 Å². The van der Waals surface area contributed by atoms with Crippen molar-refractivity contribution in [3.63, 3.8) is 0 Å². The van der Waals surface area contributed by atoms with Gasteiger partial charge in [-0.05, 0) is 30.7 Å². The minimum Gasteiger partial charge on any atom is -0.423 e. The Balaban J connectivity index is 1.75. The van der Waals surface area contributed by atoms with Crippen LogP contribution in [-0.4, -0.2) is 36.4 Å². The molecule has 0 bridgehead atoms. The zero-order valence-electron chi connectivity index (χ0n) is 13.9. The number of rotatable bonds is 5. The van der Waals surface area contributed by atoms with Gasteiger partial charge in [-0.1, -0.05) is 41.9 Å². The Morgan fingerprint density at radius 2 is 2.00 bits per heavy atom. The molecule has 2 aromatic carbocycles. The molecule has 0 N–H and O–H groups in total. The second kappa shape index (κ2) is 7.57. The van der Waals surface area contributed by atoms with Gasteiger partial charge in [-0.15, -0.1) is 0 Å². The molecule has 6 heteroatoms. The van der Waals surface area contributed by atoms with Crippen molar-refractivity contribution in [3.05, 3.63) is 59.1 Å². The van der Waals surface area contributed by atoms with E-state index in [4.69, 9.17) is 16.3 Å². The quantitative estimate of drug-likeness (QED) is 0.608. The number of carbonyl (C=O) groups excluding carboxylic acids is 2. The van der Waals surface area contributed by atoms with Crippen molar-refractivity contribution < 1.29 is 14.3 Å². The Morgan fingerprint density at radius 3 is 2.72 bits per heavy atom. The Hall–Kier alpha value is -2.53. The molecular weight excluding hydrogens is 340 g/mol. The maximum Gasteiger partial charge on any atom is 0.331 e. The van der Waals surface area contributed by atoms with E-state index in [9.17, 15) is 9.59 Å². The lowest BCUT2D eigenvalue weighted by molar-refractivity contribution is -0.133. The van der Waals surface area contributed by atoms with Crippen molar-refractivity contribution in [3.8, 4) is 5.75 Å². The van der Waals surface area contributed by atoms with E-state index in [0.29, 0.717) is 29.5 Å². The minimum atomic E-state index is -0.381. The van der Waals surface area contributed by atoms with E-state index >= 15 is 0 Å². The van der Waals surface area contributed by atoms with E-state index in [1.54, 1.807) is 28.0 Å². The maximum atomic E-state index is 12.7. The van der Waals surface area contributed by atoms with Gasteiger partial charge in [-0.3, -0.25) is 4.79 Å². The van der Waals surface area contributed by atoms with Gasteiger partial charge in [0.25, 0.3) is 0 Å². The summed E-state index contributed by atoms with van der Waals surface area (Å²) in [5, 5.41) is 0.533. The number of hydrogen-bond donors (Lipinski definition) is 0. The van der Waals surface area contributed by atoms with Crippen LogP contribution in [0, 0.1) is 0 Å². The van der Waals surface area contributed by atoms with Gasteiger partial charge in [-0.2, -0.15) is 0 Å². The summed E-state index contributed by atoms with van der Waals surface area (Å²) in [6.45, 7) is 3.20. The van der Waals surface area contributed by atoms with Crippen LogP contribution in [0.4, 0.5) is 5.69 Å². The van der Waals surface area contributed by atoms with Crippen molar-refractivity contribution in [2.75, 3.05) is 24.5 Å².